The van der Waals surface area contributed by atoms with Crippen LogP contribution in [0.4, 0.5) is 0 Å². The van der Waals surface area contributed by atoms with Crippen molar-refractivity contribution in [3.8, 4) is 17.2 Å². The minimum absolute atomic E-state index is 0.206. The van der Waals surface area contributed by atoms with Gasteiger partial charge in [0.1, 0.15) is 29.0 Å². The molecule has 80 valence electrons. The number of phenols is 1. The van der Waals surface area contributed by atoms with Gasteiger partial charge in [0.25, 0.3) is 0 Å². The predicted octanol–water partition coefficient (Wildman–Crippen LogP) is 1.62. The standard InChI is InChI=1S/C9H7BrO5/c10-6-7(11)4(9(12)13)3-5-8(6)15-2-1-14-5/h3,11H,1-2H2,(H,12,13). The number of carboxylic acids is 1. The maximum Gasteiger partial charge on any atom is 0.339 e. The van der Waals surface area contributed by atoms with Crippen LogP contribution >= 0.6 is 15.9 Å². The molecule has 0 aromatic heterocycles. The lowest BCUT2D eigenvalue weighted by Gasteiger charge is -2.20. The number of benzene rings is 1. The summed E-state index contributed by atoms with van der Waals surface area (Å²) in [5, 5.41) is 18.4. The fraction of sp³-hybridized carbons (Fsp3) is 0.222. The SMILES string of the molecule is O=C(O)c1cc2c(c(Br)c1O)OCCO2. The molecule has 6 heteroatoms. The Morgan fingerprint density at radius 2 is 2.07 bits per heavy atom. The van der Waals surface area contributed by atoms with Crippen LogP contribution in [0, 0.1) is 0 Å². The molecule has 1 aliphatic rings. The van der Waals surface area contributed by atoms with E-state index in [9.17, 15) is 9.90 Å². The highest BCUT2D eigenvalue weighted by molar-refractivity contribution is 9.10. The lowest BCUT2D eigenvalue weighted by atomic mass is 10.1. The molecule has 2 N–H and O–H groups in total. The van der Waals surface area contributed by atoms with Crippen molar-refractivity contribution in [3.63, 3.8) is 0 Å². The van der Waals surface area contributed by atoms with Gasteiger partial charge in [-0.05, 0) is 15.9 Å². The first kappa shape index (κ1) is 10.1. The maximum atomic E-state index is 10.8. The number of aromatic carboxylic acids is 1. The molecule has 0 amide bonds. The Labute approximate surface area is 93.4 Å². The second-order valence-corrected chi connectivity index (χ2v) is 3.71. The zero-order chi connectivity index (χ0) is 11.0. The van der Waals surface area contributed by atoms with E-state index >= 15 is 0 Å². The minimum atomic E-state index is -1.22. The van der Waals surface area contributed by atoms with Crippen molar-refractivity contribution in [2.75, 3.05) is 13.2 Å². The van der Waals surface area contributed by atoms with Crippen molar-refractivity contribution < 1.29 is 24.5 Å². The molecule has 0 bridgehead atoms. The van der Waals surface area contributed by atoms with Gasteiger partial charge in [-0.1, -0.05) is 0 Å². The lowest BCUT2D eigenvalue weighted by molar-refractivity contribution is 0.0692. The Kier molecular flexibility index (Phi) is 2.44. The van der Waals surface area contributed by atoms with Gasteiger partial charge in [-0.25, -0.2) is 4.79 Å². The van der Waals surface area contributed by atoms with Crippen molar-refractivity contribution in [1.82, 2.24) is 0 Å². The third-order valence-corrected chi connectivity index (χ3v) is 2.71. The molecular weight excluding hydrogens is 268 g/mol. The molecule has 2 rings (SSSR count). The molecule has 15 heavy (non-hydrogen) atoms. The van der Waals surface area contributed by atoms with Crippen LogP contribution < -0.4 is 9.47 Å². The molecule has 0 unspecified atom stereocenters. The van der Waals surface area contributed by atoms with Gasteiger partial charge in [-0.2, -0.15) is 0 Å². The van der Waals surface area contributed by atoms with Crippen LogP contribution in [0.15, 0.2) is 10.5 Å². The van der Waals surface area contributed by atoms with E-state index in [1.165, 1.54) is 6.07 Å². The second-order valence-electron chi connectivity index (χ2n) is 2.92. The van der Waals surface area contributed by atoms with E-state index in [-0.39, 0.29) is 15.8 Å². The summed E-state index contributed by atoms with van der Waals surface area (Å²) in [6, 6.07) is 1.25. The van der Waals surface area contributed by atoms with Gasteiger partial charge in [-0.3, -0.25) is 0 Å². The Balaban J connectivity index is 2.63. The summed E-state index contributed by atoms with van der Waals surface area (Å²) in [6.45, 7) is 0.737. The Hall–Kier alpha value is -1.43. The minimum Gasteiger partial charge on any atom is -0.506 e. The summed E-state index contributed by atoms with van der Waals surface area (Å²) in [5.74, 6) is -0.913. The largest absolute Gasteiger partial charge is 0.506 e. The molecule has 0 saturated heterocycles. The summed E-state index contributed by atoms with van der Waals surface area (Å²) in [6.07, 6.45) is 0. The van der Waals surface area contributed by atoms with Gasteiger partial charge in [-0.15, -0.1) is 0 Å². The third kappa shape index (κ3) is 1.61. The normalized spacial score (nSPS) is 13.7. The zero-order valence-electron chi connectivity index (χ0n) is 7.49. The van der Waals surface area contributed by atoms with E-state index in [1.807, 2.05) is 0 Å². The first-order chi connectivity index (χ1) is 7.11. The zero-order valence-corrected chi connectivity index (χ0v) is 9.07. The molecule has 1 heterocycles. The topological polar surface area (TPSA) is 76.0 Å². The van der Waals surface area contributed by atoms with Crippen LogP contribution in [0.3, 0.4) is 0 Å². The van der Waals surface area contributed by atoms with Crippen LogP contribution in [0.25, 0.3) is 0 Å². The van der Waals surface area contributed by atoms with Crippen LogP contribution in [0.1, 0.15) is 10.4 Å². The smallest absolute Gasteiger partial charge is 0.339 e. The van der Waals surface area contributed by atoms with Crippen molar-refractivity contribution in [2.45, 2.75) is 0 Å². The van der Waals surface area contributed by atoms with Crippen LogP contribution in [-0.2, 0) is 0 Å². The molecule has 0 saturated carbocycles. The number of halogens is 1. The van der Waals surface area contributed by atoms with Crippen molar-refractivity contribution in [2.24, 2.45) is 0 Å². The number of carbonyl (C=O) groups is 1. The Bertz CT molecular complexity index is 429. The Morgan fingerprint density at radius 3 is 2.73 bits per heavy atom. The molecule has 5 nitrogen and oxygen atoms in total. The second kappa shape index (κ2) is 3.62. The number of hydrogen-bond acceptors (Lipinski definition) is 4. The average molecular weight is 275 g/mol. The monoisotopic (exact) mass is 274 g/mol. The van der Waals surface area contributed by atoms with Crippen molar-refractivity contribution in [3.05, 3.63) is 16.1 Å². The van der Waals surface area contributed by atoms with Gasteiger partial charge in [0.05, 0.1) is 0 Å². The number of ether oxygens (including phenoxy) is 2. The van der Waals surface area contributed by atoms with Gasteiger partial charge < -0.3 is 19.7 Å². The lowest BCUT2D eigenvalue weighted by Crippen LogP contribution is -2.16. The molecule has 0 aliphatic carbocycles. The number of fused-ring (bicyclic) bond motifs is 1. The van der Waals surface area contributed by atoms with Gasteiger partial charge in [0, 0.05) is 6.07 Å². The molecule has 1 aromatic carbocycles. The number of aromatic hydroxyl groups is 1. The molecule has 1 aromatic rings. The first-order valence-electron chi connectivity index (χ1n) is 4.15. The number of rotatable bonds is 1. The molecule has 0 spiro atoms. The predicted molar refractivity (Wildman–Crippen MR) is 53.8 cm³/mol. The summed E-state index contributed by atoms with van der Waals surface area (Å²) in [7, 11) is 0. The fourth-order valence-corrected chi connectivity index (χ4v) is 1.82. The highest BCUT2D eigenvalue weighted by atomic mass is 79.9. The number of carboxylic acid groups (broad SMARTS) is 1. The van der Waals surface area contributed by atoms with Crippen molar-refractivity contribution in [1.29, 1.82) is 0 Å². The van der Waals surface area contributed by atoms with Gasteiger partial charge >= 0.3 is 5.97 Å². The summed E-state index contributed by atoms with van der Waals surface area (Å²) >= 11 is 3.07. The van der Waals surface area contributed by atoms with Crippen molar-refractivity contribution >= 4 is 21.9 Å². The molecule has 0 radical (unpaired) electrons. The maximum absolute atomic E-state index is 10.8. The first-order valence-corrected chi connectivity index (χ1v) is 4.95. The fourth-order valence-electron chi connectivity index (χ4n) is 1.30. The summed E-state index contributed by atoms with van der Waals surface area (Å²) in [5.41, 5.74) is -0.217. The average Bonchev–Trinajstić information content (AvgIpc) is 2.23. The van der Waals surface area contributed by atoms with Gasteiger partial charge in [0.2, 0.25) is 0 Å². The van der Waals surface area contributed by atoms with E-state index in [2.05, 4.69) is 15.9 Å². The molecule has 0 fully saturated rings. The highest BCUT2D eigenvalue weighted by Crippen LogP contribution is 2.44. The van der Waals surface area contributed by atoms with Crippen LogP contribution in [0.2, 0.25) is 0 Å². The summed E-state index contributed by atoms with van der Waals surface area (Å²) in [4.78, 5) is 10.8. The molecule has 1 aliphatic heterocycles. The highest BCUT2D eigenvalue weighted by Gasteiger charge is 2.23. The van der Waals surface area contributed by atoms with Crippen LogP contribution in [0.5, 0.6) is 17.2 Å². The summed E-state index contributed by atoms with van der Waals surface area (Å²) < 4.78 is 10.7. The molecular formula is C9H7BrO5. The van der Waals surface area contributed by atoms with Crippen LogP contribution in [-0.4, -0.2) is 29.4 Å². The molecule has 0 atom stereocenters. The Morgan fingerprint density at radius 1 is 1.40 bits per heavy atom. The van der Waals surface area contributed by atoms with E-state index < -0.39 is 5.97 Å². The van der Waals surface area contributed by atoms with Gasteiger partial charge in [0.15, 0.2) is 11.5 Å². The van der Waals surface area contributed by atoms with E-state index in [1.54, 1.807) is 0 Å². The third-order valence-electron chi connectivity index (χ3n) is 1.98. The number of hydrogen-bond donors (Lipinski definition) is 2. The van der Waals surface area contributed by atoms with E-state index in [4.69, 9.17) is 14.6 Å². The van der Waals surface area contributed by atoms with E-state index in [0.717, 1.165) is 0 Å². The quantitative estimate of drug-likeness (QED) is 0.814. The van der Waals surface area contributed by atoms with E-state index in [0.29, 0.717) is 24.7 Å².